The van der Waals surface area contributed by atoms with Crippen LogP contribution in [0, 0.1) is 11.8 Å². The van der Waals surface area contributed by atoms with Crippen LogP contribution in [-0.2, 0) is 16.1 Å². The second-order valence-electron chi connectivity index (χ2n) is 5.61. The molecule has 2 aromatic carbocycles. The minimum Gasteiger partial charge on any atom is -0.352 e. The fraction of sp³-hybridized carbons (Fsp3) is 0.222. The maximum Gasteiger partial charge on any atom is 0.228 e. The summed E-state index contributed by atoms with van der Waals surface area (Å²) >= 11 is 6.06. The van der Waals surface area contributed by atoms with Gasteiger partial charge in [0.1, 0.15) is 0 Å². The summed E-state index contributed by atoms with van der Waals surface area (Å²) < 4.78 is 0. The Morgan fingerprint density at radius 1 is 0.957 bits per heavy atom. The SMILES string of the molecule is O=C(NCc1ccccc1Cl)C1CC1C(=O)Nc1ccccc1. The topological polar surface area (TPSA) is 58.2 Å². The van der Waals surface area contributed by atoms with Gasteiger partial charge < -0.3 is 10.6 Å². The third-order valence-corrected chi connectivity index (χ3v) is 4.28. The maximum absolute atomic E-state index is 12.1. The zero-order valence-electron chi connectivity index (χ0n) is 12.5. The Morgan fingerprint density at radius 2 is 1.61 bits per heavy atom. The first-order valence-corrected chi connectivity index (χ1v) is 7.90. The lowest BCUT2D eigenvalue weighted by molar-refractivity contribution is -0.125. The number of hydrogen-bond donors (Lipinski definition) is 2. The van der Waals surface area contributed by atoms with Gasteiger partial charge in [0.15, 0.2) is 0 Å². The Bertz CT molecular complexity index is 718. The van der Waals surface area contributed by atoms with Gasteiger partial charge in [-0.15, -0.1) is 0 Å². The van der Waals surface area contributed by atoms with Gasteiger partial charge in [0, 0.05) is 17.3 Å². The summed E-state index contributed by atoms with van der Waals surface area (Å²) in [5, 5.41) is 6.31. The Labute approximate surface area is 139 Å². The van der Waals surface area contributed by atoms with E-state index in [2.05, 4.69) is 10.6 Å². The summed E-state index contributed by atoms with van der Waals surface area (Å²) in [4.78, 5) is 24.2. The molecule has 0 bridgehead atoms. The number of rotatable bonds is 5. The van der Waals surface area contributed by atoms with Crippen LogP contribution in [0.25, 0.3) is 0 Å². The van der Waals surface area contributed by atoms with Crippen molar-refractivity contribution in [1.82, 2.24) is 5.32 Å². The van der Waals surface area contributed by atoms with Crippen LogP contribution in [0.1, 0.15) is 12.0 Å². The van der Waals surface area contributed by atoms with Crippen molar-refractivity contribution in [2.45, 2.75) is 13.0 Å². The molecule has 0 heterocycles. The fourth-order valence-electron chi connectivity index (χ4n) is 2.49. The minimum atomic E-state index is -0.249. The average molecular weight is 329 g/mol. The maximum atomic E-state index is 12.1. The van der Waals surface area contributed by atoms with Crippen molar-refractivity contribution in [3.05, 3.63) is 65.2 Å². The van der Waals surface area contributed by atoms with E-state index in [4.69, 9.17) is 11.6 Å². The smallest absolute Gasteiger partial charge is 0.228 e. The predicted octanol–water partition coefficient (Wildman–Crippen LogP) is 3.23. The number of halogens is 1. The number of nitrogens with one attached hydrogen (secondary N) is 2. The van der Waals surface area contributed by atoms with E-state index >= 15 is 0 Å². The average Bonchev–Trinajstić information content (AvgIpc) is 3.36. The van der Waals surface area contributed by atoms with Crippen molar-refractivity contribution in [3.63, 3.8) is 0 Å². The highest BCUT2D eigenvalue weighted by atomic mass is 35.5. The second kappa shape index (κ2) is 6.84. The molecular weight excluding hydrogens is 312 g/mol. The van der Waals surface area contributed by atoms with Gasteiger partial charge in [-0.25, -0.2) is 0 Å². The van der Waals surface area contributed by atoms with Gasteiger partial charge in [0.25, 0.3) is 0 Å². The molecule has 1 saturated carbocycles. The summed E-state index contributed by atoms with van der Waals surface area (Å²) in [6.45, 7) is 0.377. The van der Waals surface area contributed by atoms with Gasteiger partial charge in [-0.05, 0) is 30.2 Å². The standard InChI is InChI=1S/C18H17ClN2O2/c19-16-9-5-4-6-12(16)11-20-17(22)14-10-15(14)18(23)21-13-7-2-1-3-8-13/h1-9,14-15H,10-11H2,(H,20,22)(H,21,23). The van der Waals surface area contributed by atoms with Crippen LogP contribution in [0.2, 0.25) is 5.02 Å². The Balaban J connectivity index is 1.49. The Morgan fingerprint density at radius 3 is 2.35 bits per heavy atom. The van der Waals surface area contributed by atoms with Gasteiger partial charge in [-0.3, -0.25) is 9.59 Å². The quantitative estimate of drug-likeness (QED) is 0.885. The van der Waals surface area contributed by atoms with E-state index in [1.165, 1.54) is 0 Å². The number of carbonyl (C=O) groups excluding carboxylic acids is 2. The van der Waals surface area contributed by atoms with Crippen molar-refractivity contribution in [3.8, 4) is 0 Å². The molecule has 4 nitrogen and oxygen atoms in total. The molecule has 1 aliphatic rings. The molecule has 0 radical (unpaired) electrons. The summed E-state index contributed by atoms with van der Waals surface area (Å²) in [6, 6.07) is 16.6. The molecule has 2 unspecified atom stereocenters. The largest absolute Gasteiger partial charge is 0.352 e. The van der Waals surface area contributed by atoms with Crippen molar-refractivity contribution in [2.75, 3.05) is 5.32 Å². The Kier molecular flexibility index (Phi) is 4.63. The van der Waals surface area contributed by atoms with Gasteiger partial charge in [-0.2, -0.15) is 0 Å². The van der Waals surface area contributed by atoms with Crippen LogP contribution in [0.4, 0.5) is 5.69 Å². The van der Waals surface area contributed by atoms with E-state index in [1.807, 2.05) is 48.5 Å². The number of carbonyl (C=O) groups is 2. The van der Waals surface area contributed by atoms with E-state index in [0.29, 0.717) is 18.0 Å². The molecule has 1 aliphatic carbocycles. The predicted molar refractivity (Wildman–Crippen MR) is 90.0 cm³/mol. The summed E-state index contributed by atoms with van der Waals surface area (Å²) in [6.07, 6.45) is 0.590. The third-order valence-electron chi connectivity index (χ3n) is 3.92. The van der Waals surface area contributed by atoms with Crippen LogP contribution >= 0.6 is 11.6 Å². The monoisotopic (exact) mass is 328 g/mol. The van der Waals surface area contributed by atoms with Crippen LogP contribution in [0.5, 0.6) is 0 Å². The molecule has 0 aliphatic heterocycles. The normalized spacial score (nSPS) is 19.0. The van der Waals surface area contributed by atoms with E-state index in [9.17, 15) is 9.59 Å². The van der Waals surface area contributed by atoms with Crippen molar-refractivity contribution in [2.24, 2.45) is 11.8 Å². The van der Waals surface area contributed by atoms with Gasteiger partial charge in [-0.1, -0.05) is 48.0 Å². The molecule has 1 fully saturated rings. The first-order valence-electron chi connectivity index (χ1n) is 7.52. The van der Waals surface area contributed by atoms with Crippen molar-refractivity contribution in [1.29, 1.82) is 0 Å². The van der Waals surface area contributed by atoms with Crippen LogP contribution in [-0.4, -0.2) is 11.8 Å². The van der Waals surface area contributed by atoms with Gasteiger partial charge >= 0.3 is 0 Å². The van der Waals surface area contributed by atoms with E-state index in [0.717, 1.165) is 11.3 Å². The highest BCUT2D eigenvalue weighted by Gasteiger charge is 2.47. The molecular formula is C18H17ClN2O2. The van der Waals surface area contributed by atoms with Gasteiger partial charge in [0.05, 0.1) is 11.8 Å². The molecule has 0 spiro atoms. The molecule has 118 valence electrons. The second-order valence-corrected chi connectivity index (χ2v) is 6.02. The van der Waals surface area contributed by atoms with E-state index in [-0.39, 0.29) is 23.7 Å². The lowest BCUT2D eigenvalue weighted by Gasteiger charge is -2.07. The Hall–Kier alpha value is -2.33. The summed E-state index contributed by atoms with van der Waals surface area (Å²) in [5.41, 5.74) is 1.62. The molecule has 23 heavy (non-hydrogen) atoms. The summed E-state index contributed by atoms with van der Waals surface area (Å²) in [5.74, 6) is -0.699. The van der Waals surface area contributed by atoms with Crippen molar-refractivity contribution < 1.29 is 9.59 Å². The minimum absolute atomic E-state index is 0.0990. The van der Waals surface area contributed by atoms with E-state index in [1.54, 1.807) is 6.07 Å². The highest BCUT2D eigenvalue weighted by Crippen LogP contribution is 2.39. The lowest BCUT2D eigenvalue weighted by Crippen LogP contribution is -2.27. The first kappa shape index (κ1) is 15.6. The van der Waals surface area contributed by atoms with Gasteiger partial charge in [0.2, 0.25) is 11.8 Å². The van der Waals surface area contributed by atoms with Crippen molar-refractivity contribution >= 4 is 29.1 Å². The highest BCUT2D eigenvalue weighted by molar-refractivity contribution is 6.31. The number of para-hydroxylation sites is 1. The number of amides is 2. The number of hydrogen-bond acceptors (Lipinski definition) is 2. The molecule has 2 aromatic rings. The molecule has 2 N–H and O–H groups in total. The zero-order chi connectivity index (χ0) is 16.2. The molecule has 0 aromatic heterocycles. The molecule has 5 heteroatoms. The van der Waals surface area contributed by atoms with Crippen LogP contribution in [0.3, 0.4) is 0 Å². The van der Waals surface area contributed by atoms with Crippen LogP contribution < -0.4 is 10.6 Å². The lowest BCUT2D eigenvalue weighted by atomic mass is 10.2. The molecule has 2 amide bonds. The van der Waals surface area contributed by atoms with Crippen LogP contribution in [0.15, 0.2) is 54.6 Å². The molecule has 3 rings (SSSR count). The number of anilines is 1. The molecule has 2 atom stereocenters. The molecule has 0 saturated heterocycles. The van der Waals surface area contributed by atoms with E-state index < -0.39 is 0 Å². The number of benzene rings is 2. The third kappa shape index (κ3) is 3.90. The summed E-state index contributed by atoms with van der Waals surface area (Å²) in [7, 11) is 0. The fourth-order valence-corrected chi connectivity index (χ4v) is 2.69. The zero-order valence-corrected chi connectivity index (χ0v) is 13.2. The first-order chi connectivity index (χ1) is 11.1.